The Morgan fingerprint density at radius 1 is 0.306 bits per heavy atom. The number of hydrogen-bond acceptors (Lipinski definition) is 12. The van der Waals surface area contributed by atoms with E-state index in [9.17, 15) is 5.11 Å². The fourth-order valence-electron chi connectivity index (χ4n) is 18.8. The molecule has 18 aromatic carbocycles. The Balaban J connectivity index is 0.000000111. The maximum atomic E-state index is 10.5. The quantitative estimate of drug-likeness (QED) is 0.0541. The first-order valence-corrected chi connectivity index (χ1v) is 43.1. The maximum absolute atomic E-state index is 10.5. The number of allylic oxidation sites excluding steroid dienone is 3. The molecule has 0 spiro atoms. The molecule has 1 fully saturated rings. The summed E-state index contributed by atoms with van der Waals surface area (Å²) in [5.74, 6) is 1.49. The number of aryl methyl sites for hydroxylation is 1. The van der Waals surface area contributed by atoms with Gasteiger partial charge in [0.25, 0.3) is 0 Å². The first-order valence-electron chi connectivity index (χ1n) is 43.1. The molecule has 0 amide bonds. The molecule has 0 bridgehead atoms. The van der Waals surface area contributed by atoms with Crippen LogP contribution in [0.3, 0.4) is 0 Å². The van der Waals surface area contributed by atoms with Gasteiger partial charge in [-0.05, 0) is 219 Å². The number of nitrogens with one attached hydrogen (secondary N) is 4. The van der Waals surface area contributed by atoms with Crippen molar-refractivity contribution in [1.29, 1.82) is 0 Å². The fraction of sp³-hybridized carbons (Fsp3) is 0.143. The highest BCUT2D eigenvalue weighted by Crippen LogP contribution is 2.51. The lowest BCUT2D eigenvalue weighted by Gasteiger charge is -2.37. The SMILES string of the molecule is CNc1ccc2ccccc2c1-c1c(NC)ccc2ccccc12.CNc1ccc2ccccc2c1-c1c(NC)ccc2ccccc12.NC1=C(c2c(N)ccc3c2CCCC3)C2CCCCC2C=C1.N[C@@H](CO)c1ccccc1.Nc1ccc2ccccc2c1-c1c(N)ccc2ccccc12.Nc1ccc2ccccc2c1-c1c(O)ccc2ccccc12. The lowest BCUT2D eigenvalue weighted by molar-refractivity contribution is 0.268. The highest BCUT2D eigenvalue weighted by atomic mass is 16.3. The summed E-state index contributed by atoms with van der Waals surface area (Å²) in [4.78, 5) is 0. The zero-order valence-electron chi connectivity index (χ0n) is 70.9. The van der Waals surface area contributed by atoms with Crippen LogP contribution in [0.4, 0.5) is 45.5 Å². The zero-order chi connectivity index (χ0) is 85.7. The van der Waals surface area contributed by atoms with Crippen molar-refractivity contribution in [2.75, 3.05) is 79.0 Å². The van der Waals surface area contributed by atoms with Gasteiger partial charge in [-0.15, -0.1) is 0 Å². The Morgan fingerprint density at radius 2 is 0.605 bits per heavy atom. The third-order valence-corrected chi connectivity index (χ3v) is 24.9. The van der Waals surface area contributed by atoms with Crippen molar-refractivity contribution in [1.82, 2.24) is 0 Å². The van der Waals surface area contributed by atoms with Gasteiger partial charge in [0, 0.05) is 129 Å². The van der Waals surface area contributed by atoms with Gasteiger partial charge < -0.3 is 65.9 Å². The number of rotatable bonds is 11. The van der Waals surface area contributed by atoms with E-state index >= 15 is 0 Å². The number of aromatic hydroxyl groups is 1. The Morgan fingerprint density at radius 3 is 0.976 bits per heavy atom. The molecule has 124 heavy (non-hydrogen) atoms. The number of hydrogen-bond donors (Lipinski definition) is 12. The van der Waals surface area contributed by atoms with Crippen LogP contribution in [0.5, 0.6) is 5.75 Å². The van der Waals surface area contributed by atoms with Gasteiger partial charge in [-0.2, -0.15) is 0 Å². The second kappa shape index (κ2) is 38.0. The normalized spacial score (nSPS) is 14.1. The van der Waals surface area contributed by atoms with Crippen LogP contribution >= 0.6 is 0 Å². The van der Waals surface area contributed by atoms with Crippen LogP contribution in [0, 0.1) is 11.8 Å². The van der Waals surface area contributed by atoms with E-state index in [0.29, 0.717) is 17.5 Å². The largest absolute Gasteiger partial charge is 0.507 e. The van der Waals surface area contributed by atoms with E-state index in [2.05, 4.69) is 234 Å². The van der Waals surface area contributed by atoms with E-state index in [0.717, 1.165) is 112 Å². The maximum Gasteiger partial charge on any atom is 0.124 e. The van der Waals surface area contributed by atoms with E-state index in [1.165, 1.54) is 143 Å². The molecule has 0 heterocycles. The molecule has 12 nitrogen and oxygen atoms in total. The summed E-state index contributed by atoms with van der Waals surface area (Å²) in [5, 5.41) is 51.5. The van der Waals surface area contributed by atoms with Crippen LogP contribution in [0.2, 0.25) is 0 Å². The number of aliphatic hydroxyl groups excluding tert-OH is 1. The summed E-state index contributed by atoms with van der Waals surface area (Å²) in [5.41, 5.74) is 61.3. The van der Waals surface area contributed by atoms with Crippen molar-refractivity contribution in [2.45, 2.75) is 57.4 Å². The van der Waals surface area contributed by atoms with Crippen molar-refractivity contribution in [3.8, 4) is 50.3 Å². The molecule has 18 aromatic rings. The Hall–Kier alpha value is -14.6. The fourth-order valence-corrected chi connectivity index (χ4v) is 18.8. The molecular weight excluding hydrogens is 1520 g/mol. The van der Waals surface area contributed by atoms with Crippen molar-refractivity contribution in [3.05, 3.63) is 374 Å². The first-order chi connectivity index (χ1) is 60.8. The second-order valence-electron chi connectivity index (χ2n) is 32.1. The van der Waals surface area contributed by atoms with E-state index in [1.807, 2.05) is 156 Å². The predicted molar refractivity (Wildman–Crippen MR) is 534 cm³/mol. The number of benzene rings is 18. The third-order valence-electron chi connectivity index (χ3n) is 24.9. The van der Waals surface area contributed by atoms with Crippen LogP contribution in [-0.4, -0.2) is 45.0 Å². The van der Waals surface area contributed by atoms with Crippen molar-refractivity contribution < 1.29 is 10.2 Å². The van der Waals surface area contributed by atoms with Crippen molar-refractivity contribution in [3.63, 3.8) is 0 Å². The molecule has 0 aromatic heterocycles. The highest BCUT2D eigenvalue weighted by Gasteiger charge is 2.34. The molecule has 3 aliphatic rings. The molecule has 3 atom stereocenters. The lowest BCUT2D eigenvalue weighted by atomic mass is 9.68. The number of anilines is 8. The molecule has 0 radical (unpaired) electrons. The monoisotopic (exact) mass is 1620 g/mol. The minimum Gasteiger partial charge on any atom is -0.507 e. The van der Waals surface area contributed by atoms with Gasteiger partial charge in [-0.25, -0.2) is 0 Å². The number of nitrogens with two attached hydrogens (primary N) is 6. The highest BCUT2D eigenvalue weighted by molar-refractivity contribution is 6.17. The molecule has 21 rings (SSSR count). The van der Waals surface area contributed by atoms with Gasteiger partial charge in [0.2, 0.25) is 0 Å². The number of nitrogen functional groups attached to an aromatic ring is 4. The summed E-state index contributed by atoms with van der Waals surface area (Å²) in [6, 6.07) is 114. The topological polar surface area (TPSA) is 245 Å². The Labute approximate surface area is 726 Å². The average Bonchev–Trinajstić information content (AvgIpc) is 0.416. The molecule has 3 aliphatic carbocycles. The molecule has 618 valence electrons. The van der Waals surface area contributed by atoms with Gasteiger partial charge in [0.1, 0.15) is 5.75 Å². The average molecular weight is 1630 g/mol. The Kier molecular flexibility index (Phi) is 25.5. The summed E-state index contributed by atoms with van der Waals surface area (Å²) < 4.78 is 0. The van der Waals surface area contributed by atoms with Gasteiger partial charge >= 0.3 is 0 Å². The number of fused-ring (bicyclic) bond motifs is 10. The van der Waals surface area contributed by atoms with E-state index in [4.69, 9.17) is 39.5 Å². The predicted octanol–water partition coefficient (Wildman–Crippen LogP) is 26.1. The third kappa shape index (κ3) is 17.0. The van der Waals surface area contributed by atoms with E-state index < -0.39 is 0 Å². The molecule has 0 saturated heterocycles. The van der Waals surface area contributed by atoms with E-state index in [-0.39, 0.29) is 18.4 Å². The van der Waals surface area contributed by atoms with Crippen LogP contribution in [0.1, 0.15) is 66.8 Å². The zero-order valence-corrected chi connectivity index (χ0v) is 70.9. The number of phenols is 1. The molecular formula is C112H108N10O2. The molecule has 18 N–H and O–H groups in total. The summed E-state index contributed by atoms with van der Waals surface area (Å²) >= 11 is 0. The minimum absolute atomic E-state index is 0.00398. The Bertz CT molecular complexity index is 6320. The van der Waals surface area contributed by atoms with Crippen LogP contribution in [0.15, 0.2) is 351 Å². The molecule has 2 unspecified atom stereocenters. The number of aliphatic hydroxyl groups is 1. The molecule has 0 aliphatic heterocycles. The van der Waals surface area contributed by atoms with Crippen LogP contribution in [-0.2, 0) is 12.8 Å². The van der Waals surface area contributed by atoms with Gasteiger partial charge in [0.05, 0.1) is 12.6 Å². The molecule has 1 saturated carbocycles. The summed E-state index contributed by atoms with van der Waals surface area (Å²) in [6.45, 7) is 0.00398. The van der Waals surface area contributed by atoms with Gasteiger partial charge in [0.15, 0.2) is 0 Å². The van der Waals surface area contributed by atoms with Crippen LogP contribution < -0.4 is 55.7 Å². The number of phenolic OH excluding ortho intramolecular Hbond substituents is 1. The lowest BCUT2D eigenvalue weighted by Crippen LogP contribution is -2.26. The van der Waals surface area contributed by atoms with Gasteiger partial charge in [-0.1, -0.05) is 298 Å². The first kappa shape index (κ1) is 83.1. The molecule has 12 heteroatoms. The standard InChI is InChI=1S/2C22H20N2.C20H26N2.C20H16N2.C20H15NO.C8H11NO/c2*1-23-19-13-11-15-7-3-5-9-17(15)21(19)22-18-10-6-4-8-16(18)12-14-20(22)24-2;3*21-17-11-9-13-5-1-3-7-15(13)19(17)20-16-8-4-2-6-14(16)10-12-18(20)22;9-8(6-10)7-4-2-1-3-5-7/h2*3-14,23-24H,1-2H3;9-13,15H,1-8,21-22H2;1-12H,21-22H2;1-12,22H,21H2;1-5,8,10H,6,9H2/t;;;;;8-/m.....0/s1. The van der Waals surface area contributed by atoms with Crippen molar-refractivity contribution in [2.24, 2.45) is 23.3 Å². The minimum atomic E-state index is -0.235. The van der Waals surface area contributed by atoms with E-state index in [1.54, 1.807) is 6.07 Å². The van der Waals surface area contributed by atoms with Gasteiger partial charge in [-0.3, -0.25) is 0 Å². The summed E-state index contributed by atoms with van der Waals surface area (Å²) in [7, 11) is 7.94. The van der Waals surface area contributed by atoms with Crippen molar-refractivity contribution >= 4 is 137 Å². The summed E-state index contributed by atoms with van der Waals surface area (Å²) in [6.07, 6.45) is 14.6. The van der Waals surface area contributed by atoms with Crippen LogP contribution in [0.25, 0.3) is 136 Å². The smallest absolute Gasteiger partial charge is 0.124 e. The second-order valence-corrected chi connectivity index (χ2v) is 32.1.